The van der Waals surface area contributed by atoms with Crippen molar-refractivity contribution in [1.29, 1.82) is 0 Å². The topological polar surface area (TPSA) is 72.9 Å². The highest BCUT2D eigenvalue weighted by molar-refractivity contribution is 5.90. The number of hydrogen-bond donors (Lipinski definition) is 1. The molecule has 2 aliphatic rings. The van der Waals surface area contributed by atoms with Crippen molar-refractivity contribution >= 4 is 11.7 Å². The van der Waals surface area contributed by atoms with Crippen LogP contribution in [0.15, 0.2) is 18.3 Å². The summed E-state index contributed by atoms with van der Waals surface area (Å²) in [5.41, 5.74) is 0.565. The van der Waals surface area contributed by atoms with Gasteiger partial charge >= 0.3 is 6.03 Å². The van der Waals surface area contributed by atoms with Gasteiger partial charge in [0.1, 0.15) is 5.69 Å². The van der Waals surface area contributed by atoms with E-state index in [-0.39, 0.29) is 18.2 Å². The number of carbonyl (C=O) groups excluding carboxylic acids is 1. The molecule has 1 aromatic rings. The van der Waals surface area contributed by atoms with Gasteiger partial charge in [0.2, 0.25) is 5.88 Å². The number of amides is 2. The van der Waals surface area contributed by atoms with E-state index in [1.165, 1.54) is 7.11 Å². The molecule has 3 heterocycles. The molecule has 2 atom stereocenters. The van der Waals surface area contributed by atoms with Crippen LogP contribution in [0.25, 0.3) is 0 Å². The first kappa shape index (κ1) is 17.0. The van der Waals surface area contributed by atoms with Gasteiger partial charge in [-0.2, -0.15) is 0 Å². The summed E-state index contributed by atoms with van der Waals surface area (Å²) in [4.78, 5) is 18.7. The molecule has 7 nitrogen and oxygen atoms in total. The molecular weight excluding hydrogens is 310 g/mol. The summed E-state index contributed by atoms with van der Waals surface area (Å²) in [7, 11) is 1.54. The normalized spacial score (nSPS) is 23.2. The van der Waals surface area contributed by atoms with Gasteiger partial charge in [-0.25, -0.2) is 9.78 Å². The predicted molar refractivity (Wildman–Crippen MR) is 89.3 cm³/mol. The SMILES string of the molecule is COc1ncccc1NC(=O)N(C[C@H]1CCCO1)C[C@@H]1CCCO1. The monoisotopic (exact) mass is 335 g/mol. The predicted octanol–water partition coefficient (Wildman–Crippen LogP) is 2.28. The van der Waals surface area contributed by atoms with Gasteiger partial charge in [0.25, 0.3) is 0 Å². The molecule has 0 radical (unpaired) electrons. The third-order valence-corrected chi connectivity index (χ3v) is 4.39. The molecule has 2 aliphatic heterocycles. The van der Waals surface area contributed by atoms with Gasteiger partial charge in [0, 0.05) is 32.5 Å². The van der Waals surface area contributed by atoms with Gasteiger partial charge in [-0.15, -0.1) is 0 Å². The van der Waals surface area contributed by atoms with Gasteiger partial charge in [-0.1, -0.05) is 0 Å². The van der Waals surface area contributed by atoms with E-state index in [0.717, 1.165) is 38.9 Å². The van der Waals surface area contributed by atoms with Crippen LogP contribution in [-0.2, 0) is 9.47 Å². The van der Waals surface area contributed by atoms with Gasteiger partial charge in [0.15, 0.2) is 0 Å². The number of methoxy groups -OCH3 is 1. The highest BCUT2D eigenvalue weighted by atomic mass is 16.5. The van der Waals surface area contributed by atoms with Gasteiger partial charge < -0.3 is 24.4 Å². The molecule has 0 unspecified atom stereocenters. The molecular formula is C17H25N3O4. The van der Waals surface area contributed by atoms with E-state index in [1.807, 2.05) is 0 Å². The Morgan fingerprint density at radius 2 is 1.96 bits per heavy atom. The number of aromatic nitrogens is 1. The molecule has 0 spiro atoms. The summed E-state index contributed by atoms with van der Waals surface area (Å²) < 4.78 is 16.6. The van der Waals surface area contributed by atoms with Crippen LogP contribution in [-0.4, -0.2) is 61.5 Å². The average molecular weight is 335 g/mol. The molecule has 7 heteroatoms. The van der Waals surface area contributed by atoms with Crippen molar-refractivity contribution in [2.75, 3.05) is 38.7 Å². The first-order valence-corrected chi connectivity index (χ1v) is 8.54. The van der Waals surface area contributed by atoms with Crippen LogP contribution < -0.4 is 10.1 Å². The van der Waals surface area contributed by atoms with E-state index in [1.54, 1.807) is 23.2 Å². The second-order valence-electron chi connectivity index (χ2n) is 6.17. The zero-order chi connectivity index (χ0) is 16.8. The minimum absolute atomic E-state index is 0.105. The summed E-state index contributed by atoms with van der Waals surface area (Å²) in [6, 6.07) is 3.37. The quantitative estimate of drug-likeness (QED) is 0.863. The van der Waals surface area contributed by atoms with Crippen molar-refractivity contribution in [3.05, 3.63) is 18.3 Å². The Morgan fingerprint density at radius 3 is 2.50 bits per heavy atom. The highest BCUT2D eigenvalue weighted by Gasteiger charge is 2.27. The van der Waals surface area contributed by atoms with E-state index < -0.39 is 0 Å². The molecule has 1 aromatic heterocycles. The van der Waals surface area contributed by atoms with Gasteiger partial charge in [0.05, 0.1) is 19.3 Å². The fraction of sp³-hybridized carbons (Fsp3) is 0.647. The second-order valence-corrected chi connectivity index (χ2v) is 6.17. The minimum Gasteiger partial charge on any atom is -0.480 e. The van der Waals surface area contributed by atoms with Crippen molar-refractivity contribution in [3.63, 3.8) is 0 Å². The van der Waals surface area contributed by atoms with E-state index in [2.05, 4.69) is 10.3 Å². The van der Waals surface area contributed by atoms with Crippen molar-refractivity contribution in [3.8, 4) is 5.88 Å². The molecule has 0 aromatic carbocycles. The Labute approximate surface area is 142 Å². The van der Waals surface area contributed by atoms with Crippen LogP contribution in [0, 0.1) is 0 Å². The summed E-state index contributed by atoms with van der Waals surface area (Å²) in [5, 5.41) is 2.90. The molecule has 0 bridgehead atoms. The molecule has 2 amide bonds. The van der Waals surface area contributed by atoms with Crippen molar-refractivity contribution in [2.24, 2.45) is 0 Å². The van der Waals surface area contributed by atoms with Crippen molar-refractivity contribution in [2.45, 2.75) is 37.9 Å². The summed E-state index contributed by atoms with van der Waals surface area (Å²) in [6.07, 6.45) is 5.93. The Bertz CT molecular complexity index is 524. The Kier molecular flexibility index (Phi) is 5.87. The van der Waals surface area contributed by atoms with Crippen LogP contribution in [0.1, 0.15) is 25.7 Å². The van der Waals surface area contributed by atoms with Crippen LogP contribution in [0.5, 0.6) is 5.88 Å². The van der Waals surface area contributed by atoms with E-state index >= 15 is 0 Å². The number of nitrogens with one attached hydrogen (secondary N) is 1. The maximum atomic E-state index is 12.8. The lowest BCUT2D eigenvalue weighted by atomic mass is 10.2. The maximum Gasteiger partial charge on any atom is 0.322 e. The molecule has 1 N–H and O–H groups in total. The van der Waals surface area contributed by atoms with Gasteiger partial charge in [-0.05, 0) is 37.8 Å². The third kappa shape index (κ3) is 4.36. The number of rotatable bonds is 6. The molecule has 24 heavy (non-hydrogen) atoms. The Morgan fingerprint density at radius 1 is 1.29 bits per heavy atom. The standard InChI is InChI=1S/C17H25N3O4/c1-22-16-15(7-2-8-18-16)19-17(21)20(11-13-5-3-9-23-13)12-14-6-4-10-24-14/h2,7-8,13-14H,3-6,9-12H2,1H3,(H,19,21)/t13-,14+. The smallest absolute Gasteiger partial charge is 0.322 e. The first-order valence-electron chi connectivity index (χ1n) is 8.54. The van der Waals surface area contributed by atoms with Crippen LogP contribution in [0.4, 0.5) is 10.5 Å². The number of anilines is 1. The number of nitrogens with zero attached hydrogens (tertiary/aromatic N) is 2. The van der Waals surface area contributed by atoms with Crippen LogP contribution in [0.3, 0.4) is 0 Å². The fourth-order valence-electron chi connectivity index (χ4n) is 3.15. The number of pyridine rings is 1. The van der Waals surface area contributed by atoms with Gasteiger partial charge in [-0.3, -0.25) is 0 Å². The molecule has 0 aliphatic carbocycles. The number of hydrogen-bond acceptors (Lipinski definition) is 5. The lowest BCUT2D eigenvalue weighted by Gasteiger charge is -2.28. The summed E-state index contributed by atoms with van der Waals surface area (Å²) >= 11 is 0. The maximum absolute atomic E-state index is 12.8. The fourth-order valence-corrected chi connectivity index (χ4v) is 3.15. The zero-order valence-electron chi connectivity index (χ0n) is 14.1. The third-order valence-electron chi connectivity index (χ3n) is 4.39. The summed E-state index contributed by atoms with van der Waals surface area (Å²) in [5.74, 6) is 0.403. The molecule has 0 saturated carbocycles. The Balaban J connectivity index is 1.66. The van der Waals surface area contributed by atoms with Crippen molar-refractivity contribution in [1.82, 2.24) is 9.88 Å². The summed E-state index contributed by atoms with van der Waals surface area (Å²) in [6.45, 7) is 2.70. The zero-order valence-corrected chi connectivity index (χ0v) is 14.1. The van der Waals surface area contributed by atoms with E-state index in [0.29, 0.717) is 24.7 Å². The van der Waals surface area contributed by atoms with E-state index in [4.69, 9.17) is 14.2 Å². The minimum atomic E-state index is -0.174. The lowest BCUT2D eigenvalue weighted by molar-refractivity contribution is 0.0524. The molecule has 2 saturated heterocycles. The first-order chi connectivity index (χ1) is 11.8. The largest absolute Gasteiger partial charge is 0.480 e. The lowest BCUT2D eigenvalue weighted by Crippen LogP contribution is -2.44. The average Bonchev–Trinajstić information content (AvgIpc) is 3.28. The molecule has 3 rings (SSSR count). The molecule has 132 valence electrons. The highest BCUT2D eigenvalue weighted by Crippen LogP contribution is 2.22. The van der Waals surface area contributed by atoms with Crippen LogP contribution >= 0.6 is 0 Å². The Hall–Kier alpha value is -1.86. The number of carbonyl (C=O) groups is 1. The van der Waals surface area contributed by atoms with E-state index in [9.17, 15) is 4.79 Å². The number of ether oxygens (including phenoxy) is 3. The van der Waals surface area contributed by atoms with Crippen molar-refractivity contribution < 1.29 is 19.0 Å². The second kappa shape index (κ2) is 8.30. The van der Waals surface area contributed by atoms with Crippen LogP contribution in [0.2, 0.25) is 0 Å². The number of urea groups is 1. The molecule has 2 fully saturated rings.